The van der Waals surface area contributed by atoms with Gasteiger partial charge in [0.2, 0.25) is 0 Å². The highest BCUT2D eigenvalue weighted by molar-refractivity contribution is 7.90. The molecule has 6 nitrogen and oxygen atoms in total. The molecule has 1 aromatic heterocycles. The van der Waals surface area contributed by atoms with E-state index in [-0.39, 0.29) is 17.2 Å². The highest BCUT2D eigenvalue weighted by Gasteiger charge is 2.33. The molecule has 0 atom stereocenters. The van der Waals surface area contributed by atoms with Crippen LogP contribution in [0.4, 0.5) is 0 Å². The van der Waals surface area contributed by atoms with Gasteiger partial charge in [-0.15, -0.1) is 0 Å². The topological polar surface area (TPSA) is 89.3 Å². The molecule has 0 saturated heterocycles. The number of rotatable bonds is 1. The number of aromatic carboxylic acids is 1. The second-order valence-corrected chi connectivity index (χ2v) is 5.30. The summed E-state index contributed by atoms with van der Waals surface area (Å²) in [7, 11) is -1.68. The van der Waals surface area contributed by atoms with Crippen LogP contribution in [0.2, 0.25) is 0 Å². The summed E-state index contributed by atoms with van der Waals surface area (Å²) < 4.78 is 23.6. The monoisotopic (exact) mass is 216 g/mol. The number of sulfone groups is 1. The molecule has 1 aliphatic heterocycles. The molecule has 0 aliphatic carbocycles. The molecule has 14 heavy (non-hydrogen) atoms. The third-order valence-electron chi connectivity index (χ3n) is 2.15. The van der Waals surface area contributed by atoms with Crippen LogP contribution in [0.25, 0.3) is 0 Å². The molecule has 0 unspecified atom stereocenters. The van der Waals surface area contributed by atoms with Crippen molar-refractivity contribution in [1.29, 1.82) is 0 Å². The number of carboxylic acid groups (broad SMARTS) is 1. The van der Waals surface area contributed by atoms with E-state index in [9.17, 15) is 13.2 Å². The Balaban J connectivity index is 2.63. The number of hydrogen-bond donors (Lipinski definition) is 1. The molecule has 2 heterocycles. The molecule has 2 rings (SSSR count). The van der Waals surface area contributed by atoms with Gasteiger partial charge in [-0.2, -0.15) is 5.10 Å². The number of aromatic nitrogens is 2. The summed E-state index contributed by atoms with van der Waals surface area (Å²) in [5.74, 6) is -1.50. The Morgan fingerprint density at radius 2 is 2.14 bits per heavy atom. The van der Waals surface area contributed by atoms with E-state index < -0.39 is 15.8 Å². The van der Waals surface area contributed by atoms with Crippen LogP contribution in [0.1, 0.15) is 21.7 Å². The van der Waals surface area contributed by atoms with Gasteiger partial charge >= 0.3 is 5.97 Å². The van der Waals surface area contributed by atoms with Crippen molar-refractivity contribution in [2.75, 3.05) is 0 Å². The second-order valence-electron chi connectivity index (χ2n) is 3.23. The van der Waals surface area contributed by atoms with Gasteiger partial charge in [0.1, 0.15) is 0 Å². The smallest absolute Gasteiger partial charge is 0.354 e. The van der Waals surface area contributed by atoms with Crippen LogP contribution in [0, 0.1) is 0 Å². The van der Waals surface area contributed by atoms with E-state index in [1.807, 2.05) is 0 Å². The maximum absolute atomic E-state index is 11.2. The van der Waals surface area contributed by atoms with E-state index in [0.717, 1.165) is 0 Å². The summed E-state index contributed by atoms with van der Waals surface area (Å²) in [4.78, 5) is 10.8. The fourth-order valence-electron chi connectivity index (χ4n) is 1.64. The van der Waals surface area contributed by atoms with Crippen molar-refractivity contribution in [2.45, 2.75) is 11.5 Å². The van der Waals surface area contributed by atoms with Crippen molar-refractivity contribution < 1.29 is 18.3 Å². The zero-order valence-corrected chi connectivity index (χ0v) is 8.21. The Bertz CT molecular complexity index is 514. The second kappa shape index (κ2) is 2.57. The van der Waals surface area contributed by atoms with Crippen LogP contribution in [0.15, 0.2) is 0 Å². The number of fused-ring (bicyclic) bond motifs is 1. The van der Waals surface area contributed by atoms with E-state index in [1.54, 1.807) is 0 Å². The predicted octanol–water partition coefficient (Wildman–Crippen LogP) is -0.453. The molecule has 0 radical (unpaired) electrons. The van der Waals surface area contributed by atoms with Gasteiger partial charge in [0, 0.05) is 12.6 Å². The molecule has 0 spiro atoms. The molecule has 7 heteroatoms. The SMILES string of the molecule is Cn1nc2c(c1C(=O)O)CS(=O)(=O)C2. The third kappa shape index (κ3) is 1.20. The molecular formula is C7H8N2O4S. The van der Waals surface area contributed by atoms with Crippen LogP contribution in [-0.2, 0) is 28.4 Å². The first-order valence-electron chi connectivity index (χ1n) is 3.89. The summed E-state index contributed by atoms with van der Waals surface area (Å²) in [6, 6.07) is 0. The molecule has 1 aromatic rings. The molecule has 0 bridgehead atoms. The van der Waals surface area contributed by atoms with Crippen LogP contribution >= 0.6 is 0 Å². The first kappa shape index (κ1) is 9.20. The van der Waals surface area contributed by atoms with E-state index in [0.29, 0.717) is 11.3 Å². The normalized spacial score (nSPS) is 18.1. The fourth-order valence-corrected chi connectivity index (χ4v) is 3.13. The van der Waals surface area contributed by atoms with Crippen molar-refractivity contribution >= 4 is 15.8 Å². The van der Waals surface area contributed by atoms with Crippen LogP contribution in [0.5, 0.6) is 0 Å². The van der Waals surface area contributed by atoms with E-state index in [2.05, 4.69) is 5.10 Å². The van der Waals surface area contributed by atoms with Crippen LogP contribution in [-0.4, -0.2) is 29.3 Å². The van der Waals surface area contributed by atoms with Crippen LogP contribution < -0.4 is 0 Å². The van der Waals surface area contributed by atoms with Crippen molar-refractivity contribution in [2.24, 2.45) is 7.05 Å². The number of hydrogen-bond acceptors (Lipinski definition) is 4. The van der Waals surface area contributed by atoms with Gasteiger partial charge in [0.25, 0.3) is 0 Å². The molecule has 76 valence electrons. The lowest BCUT2D eigenvalue weighted by atomic mass is 10.2. The first-order valence-corrected chi connectivity index (χ1v) is 5.71. The Labute approximate surface area is 80.1 Å². The van der Waals surface area contributed by atoms with Crippen molar-refractivity contribution in [3.05, 3.63) is 17.0 Å². The fraction of sp³-hybridized carbons (Fsp3) is 0.429. The van der Waals surface area contributed by atoms with Gasteiger partial charge in [-0.25, -0.2) is 13.2 Å². The van der Waals surface area contributed by atoms with E-state index in [1.165, 1.54) is 11.7 Å². The predicted molar refractivity (Wildman–Crippen MR) is 46.5 cm³/mol. The Kier molecular flexibility index (Phi) is 1.69. The zero-order chi connectivity index (χ0) is 10.5. The van der Waals surface area contributed by atoms with Crippen LogP contribution in [0.3, 0.4) is 0 Å². The van der Waals surface area contributed by atoms with Gasteiger partial charge in [0.15, 0.2) is 15.5 Å². The highest BCUT2D eigenvalue weighted by Crippen LogP contribution is 2.26. The maximum atomic E-state index is 11.2. The average molecular weight is 216 g/mol. The quantitative estimate of drug-likeness (QED) is 0.686. The van der Waals surface area contributed by atoms with E-state index in [4.69, 9.17) is 5.11 Å². The minimum absolute atomic E-state index is 0.0268. The highest BCUT2D eigenvalue weighted by atomic mass is 32.2. The number of carboxylic acids is 1. The molecule has 1 aliphatic rings. The number of carbonyl (C=O) groups is 1. The first-order chi connectivity index (χ1) is 6.41. The van der Waals surface area contributed by atoms with Gasteiger partial charge in [-0.05, 0) is 0 Å². The van der Waals surface area contributed by atoms with Gasteiger partial charge in [-0.1, -0.05) is 0 Å². The maximum Gasteiger partial charge on any atom is 0.354 e. The van der Waals surface area contributed by atoms with Crippen molar-refractivity contribution in [3.63, 3.8) is 0 Å². The third-order valence-corrected chi connectivity index (χ3v) is 3.59. The van der Waals surface area contributed by atoms with Gasteiger partial charge in [0.05, 0.1) is 17.2 Å². The zero-order valence-electron chi connectivity index (χ0n) is 7.39. The minimum atomic E-state index is -3.17. The Morgan fingerprint density at radius 3 is 2.71 bits per heavy atom. The molecule has 0 saturated carbocycles. The largest absolute Gasteiger partial charge is 0.477 e. The lowest BCUT2D eigenvalue weighted by molar-refractivity contribution is 0.0684. The summed E-state index contributed by atoms with van der Waals surface area (Å²) in [6.07, 6.45) is 0. The molecule has 1 N–H and O–H groups in total. The summed E-state index contributed by atoms with van der Waals surface area (Å²) in [5.41, 5.74) is 0.672. The lowest BCUT2D eigenvalue weighted by Crippen LogP contribution is -2.10. The Morgan fingerprint density at radius 1 is 1.50 bits per heavy atom. The molecular weight excluding hydrogens is 208 g/mol. The van der Waals surface area contributed by atoms with Gasteiger partial charge < -0.3 is 5.11 Å². The summed E-state index contributed by atoms with van der Waals surface area (Å²) in [6.45, 7) is 0. The standard InChI is InChI=1S/C7H8N2O4S/c1-9-6(7(10)11)4-2-14(12,13)3-5(4)8-9/h2-3H2,1H3,(H,10,11). The molecule has 0 fully saturated rings. The average Bonchev–Trinajstić information content (AvgIpc) is 2.37. The summed E-state index contributed by atoms with van der Waals surface area (Å²) in [5, 5.41) is 12.7. The summed E-state index contributed by atoms with van der Waals surface area (Å²) >= 11 is 0. The molecule has 0 amide bonds. The number of nitrogens with zero attached hydrogens (tertiary/aromatic N) is 2. The van der Waals surface area contributed by atoms with E-state index >= 15 is 0 Å². The van der Waals surface area contributed by atoms with Gasteiger partial charge in [-0.3, -0.25) is 4.68 Å². The van der Waals surface area contributed by atoms with Crippen molar-refractivity contribution in [1.82, 2.24) is 9.78 Å². The van der Waals surface area contributed by atoms with Crippen molar-refractivity contribution in [3.8, 4) is 0 Å². The number of aryl methyl sites for hydroxylation is 1. The molecule has 0 aromatic carbocycles. The minimum Gasteiger partial charge on any atom is -0.477 e. The lowest BCUT2D eigenvalue weighted by Gasteiger charge is -1.97. The Hall–Kier alpha value is -1.37.